The van der Waals surface area contributed by atoms with E-state index in [2.05, 4.69) is 20.1 Å². The van der Waals surface area contributed by atoms with Crippen LogP contribution < -0.4 is 4.90 Å². The maximum absolute atomic E-state index is 10.6. The van der Waals surface area contributed by atoms with Gasteiger partial charge in [-0.05, 0) is 31.2 Å². The molecule has 0 radical (unpaired) electrons. The monoisotopic (exact) mass is 304 g/mol. The lowest BCUT2D eigenvalue weighted by Crippen LogP contribution is -2.25. The molecule has 21 heavy (non-hydrogen) atoms. The molecule has 0 spiro atoms. The van der Waals surface area contributed by atoms with Gasteiger partial charge in [0, 0.05) is 18.8 Å². The predicted molar refractivity (Wildman–Crippen MR) is 83.1 cm³/mol. The Morgan fingerprint density at radius 1 is 1.33 bits per heavy atom. The van der Waals surface area contributed by atoms with Gasteiger partial charge >= 0.3 is 0 Å². The number of hydrogen-bond acceptors (Lipinski definition) is 7. The Bertz CT molecular complexity index is 610. The number of anilines is 1. The van der Waals surface area contributed by atoms with Crippen LogP contribution in [0.4, 0.5) is 16.5 Å². The number of aliphatic hydroxyl groups excluding tert-OH is 1. The van der Waals surface area contributed by atoms with E-state index in [0.717, 1.165) is 18.5 Å². The second-order valence-electron chi connectivity index (χ2n) is 4.18. The van der Waals surface area contributed by atoms with Gasteiger partial charge in [0.15, 0.2) is 6.29 Å². The SMILES string of the molecule is CCN(CCO)c1ccc(/N=N/c2ncc(C=O)s2)cc1. The van der Waals surface area contributed by atoms with Gasteiger partial charge in [0.25, 0.3) is 0 Å². The van der Waals surface area contributed by atoms with Gasteiger partial charge in [0.1, 0.15) is 0 Å². The average Bonchev–Trinajstić information content (AvgIpc) is 2.99. The lowest BCUT2D eigenvalue weighted by atomic mass is 10.2. The topological polar surface area (TPSA) is 78.2 Å². The van der Waals surface area contributed by atoms with E-state index in [-0.39, 0.29) is 6.61 Å². The molecule has 0 fully saturated rings. The van der Waals surface area contributed by atoms with Crippen LogP contribution in [0.5, 0.6) is 0 Å². The van der Waals surface area contributed by atoms with Crippen molar-refractivity contribution in [3.05, 3.63) is 35.3 Å². The molecule has 2 aromatic rings. The summed E-state index contributed by atoms with van der Waals surface area (Å²) in [5.74, 6) is 0. The first-order chi connectivity index (χ1) is 10.3. The highest BCUT2D eigenvalue weighted by Gasteiger charge is 2.03. The van der Waals surface area contributed by atoms with Crippen molar-refractivity contribution in [2.45, 2.75) is 6.92 Å². The summed E-state index contributed by atoms with van der Waals surface area (Å²) in [6.07, 6.45) is 2.22. The van der Waals surface area contributed by atoms with Gasteiger partial charge in [-0.2, -0.15) is 0 Å². The van der Waals surface area contributed by atoms with Gasteiger partial charge in [-0.1, -0.05) is 11.3 Å². The van der Waals surface area contributed by atoms with Crippen molar-refractivity contribution in [3.8, 4) is 0 Å². The van der Waals surface area contributed by atoms with Crippen molar-refractivity contribution < 1.29 is 9.90 Å². The second kappa shape index (κ2) is 7.61. The second-order valence-corrected chi connectivity index (χ2v) is 5.22. The van der Waals surface area contributed by atoms with E-state index in [4.69, 9.17) is 5.11 Å². The molecule has 0 saturated heterocycles. The minimum absolute atomic E-state index is 0.123. The van der Waals surface area contributed by atoms with Crippen LogP contribution >= 0.6 is 11.3 Å². The molecule has 1 aromatic heterocycles. The van der Waals surface area contributed by atoms with Crippen molar-refractivity contribution in [1.82, 2.24) is 4.98 Å². The lowest BCUT2D eigenvalue weighted by molar-refractivity contribution is 0.112. The number of hydrogen-bond donors (Lipinski definition) is 1. The molecule has 0 atom stereocenters. The van der Waals surface area contributed by atoms with Crippen LogP contribution in [0.1, 0.15) is 16.6 Å². The third-order valence-corrected chi connectivity index (χ3v) is 3.65. The van der Waals surface area contributed by atoms with E-state index >= 15 is 0 Å². The first-order valence-corrected chi connectivity index (χ1v) is 7.37. The number of benzene rings is 1. The molecule has 2 rings (SSSR count). The number of rotatable bonds is 7. The molecule has 0 aliphatic rings. The zero-order valence-electron chi connectivity index (χ0n) is 11.6. The molecule has 0 bridgehead atoms. The third-order valence-electron chi connectivity index (χ3n) is 2.85. The summed E-state index contributed by atoms with van der Waals surface area (Å²) < 4.78 is 0. The van der Waals surface area contributed by atoms with E-state index in [1.807, 2.05) is 31.2 Å². The fraction of sp³-hybridized carbons (Fsp3) is 0.286. The van der Waals surface area contributed by atoms with Crippen LogP contribution in [0, 0.1) is 0 Å². The molecule has 7 heteroatoms. The van der Waals surface area contributed by atoms with Crippen molar-refractivity contribution in [2.75, 3.05) is 24.6 Å². The minimum Gasteiger partial charge on any atom is -0.395 e. The van der Waals surface area contributed by atoms with E-state index in [9.17, 15) is 4.79 Å². The maximum atomic E-state index is 10.6. The number of likely N-dealkylation sites (N-methyl/N-ethyl adjacent to an activating group) is 1. The van der Waals surface area contributed by atoms with Gasteiger partial charge < -0.3 is 10.0 Å². The average molecular weight is 304 g/mol. The van der Waals surface area contributed by atoms with Gasteiger partial charge in [-0.25, -0.2) is 4.98 Å². The highest BCUT2D eigenvalue weighted by Crippen LogP contribution is 2.24. The molecular weight excluding hydrogens is 288 g/mol. The van der Waals surface area contributed by atoms with Crippen LogP contribution in [-0.4, -0.2) is 36.1 Å². The van der Waals surface area contributed by atoms with Crippen LogP contribution in [0.25, 0.3) is 0 Å². The first kappa shape index (κ1) is 15.3. The third kappa shape index (κ3) is 4.17. The molecule has 110 valence electrons. The summed E-state index contributed by atoms with van der Waals surface area (Å²) in [5.41, 5.74) is 1.74. The Morgan fingerprint density at radius 2 is 2.10 bits per heavy atom. The number of aldehydes is 1. The lowest BCUT2D eigenvalue weighted by Gasteiger charge is -2.21. The molecule has 0 aliphatic heterocycles. The Morgan fingerprint density at radius 3 is 2.67 bits per heavy atom. The molecule has 0 amide bonds. The summed E-state index contributed by atoms with van der Waals surface area (Å²) >= 11 is 1.19. The quantitative estimate of drug-likeness (QED) is 0.629. The standard InChI is InChI=1S/C14H16N4O2S/c1-2-18(7-8-19)12-5-3-11(4-6-12)16-17-14-15-9-13(10-20)21-14/h3-6,9-10,19H,2,7-8H2,1H3/b17-16+. The molecule has 6 nitrogen and oxygen atoms in total. The van der Waals surface area contributed by atoms with Crippen LogP contribution in [0.15, 0.2) is 40.7 Å². The molecule has 1 aromatic carbocycles. The number of aliphatic hydroxyl groups is 1. The number of aromatic nitrogens is 1. The zero-order chi connectivity index (χ0) is 15.1. The van der Waals surface area contributed by atoms with Crippen LogP contribution in [0.3, 0.4) is 0 Å². The number of nitrogens with zero attached hydrogens (tertiary/aromatic N) is 4. The first-order valence-electron chi connectivity index (χ1n) is 6.55. The van der Waals surface area contributed by atoms with E-state index in [1.54, 1.807) is 0 Å². The highest BCUT2D eigenvalue weighted by atomic mass is 32.1. The van der Waals surface area contributed by atoms with Crippen molar-refractivity contribution >= 4 is 34.1 Å². The Balaban J connectivity index is 2.06. The summed E-state index contributed by atoms with van der Waals surface area (Å²) in [5, 5.41) is 17.5. The maximum Gasteiger partial charge on any atom is 0.230 e. The fourth-order valence-electron chi connectivity index (χ4n) is 1.80. The van der Waals surface area contributed by atoms with E-state index in [0.29, 0.717) is 22.2 Å². The van der Waals surface area contributed by atoms with Gasteiger partial charge in [-0.3, -0.25) is 4.79 Å². The molecule has 1 heterocycles. The molecule has 1 N–H and O–H groups in total. The predicted octanol–water partition coefficient (Wildman–Crippen LogP) is 3.19. The molecule has 0 saturated carbocycles. The molecule has 0 unspecified atom stereocenters. The normalized spacial score (nSPS) is 11.0. The van der Waals surface area contributed by atoms with E-state index < -0.39 is 0 Å². The molecular formula is C14H16N4O2S. The van der Waals surface area contributed by atoms with Gasteiger partial charge in [0.05, 0.1) is 23.4 Å². The summed E-state index contributed by atoms with van der Waals surface area (Å²) in [7, 11) is 0. The number of azo groups is 1. The van der Waals surface area contributed by atoms with Gasteiger partial charge in [0.2, 0.25) is 5.13 Å². The van der Waals surface area contributed by atoms with Gasteiger partial charge in [-0.15, -0.1) is 10.2 Å². The fourth-order valence-corrected chi connectivity index (χ4v) is 2.35. The van der Waals surface area contributed by atoms with Crippen LogP contribution in [-0.2, 0) is 0 Å². The summed E-state index contributed by atoms with van der Waals surface area (Å²) in [6, 6.07) is 7.58. The number of thiazole rings is 1. The highest BCUT2D eigenvalue weighted by molar-refractivity contribution is 7.16. The van der Waals surface area contributed by atoms with Crippen molar-refractivity contribution in [3.63, 3.8) is 0 Å². The number of carbonyl (C=O) groups is 1. The zero-order valence-corrected chi connectivity index (χ0v) is 12.5. The van der Waals surface area contributed by atoms with Crippen molar-refractivity contribution in [2.24, 2.45) is 10.2 Å². The van der Waals surface area contributed by atoms with Crippen molar-refractivity contribution in [1.29, 1.82) is 0 Å². The Hall–Kier alpha value is -2.12. The molecule has 0 aliphatic carbocycles. The Labute approximate surface area is 126 Å². The summed E-state index contributed by atoms with van der Waals surface area (Å²) in [4.78, 5) is 17.1. The number of carbonyl (C=O) groups excluding carboxylic acids is 1. The minimum atomic E-state index is 0.123. The largest absolute Gasteiger partial charge is 0.395 e. The Kier molecular flexibility index (Phi) is 5.53. The van der Waals surface area contributed by atoms with E-state index in [1.165, 1.54) is 17.5 Å². The smallest absolute Gasteiger partial charge is 0.230 e. The summed E-state index contributed by atoms with van der Waals surface area (Å²) in [6.45, 7) is 3.59. The van der Waals surface area contributed by atoms with Crippen LogP contribution in [0.2, 0.25) is 0 Å².